The highest BCUT2D eigenvalue weighted by Gasteiger charge is 2.30. The van der Waals surface area contributed by atoms with Crippen molar-refractivity contribution in [3.8, 4) is 11.3 Å². The van der Waals surface area contributed by atoms with Gasteiger partial charge in [-0.2, -0.15) is 0 Å². The molecular weight excluding hydrogens is 279 g/mol. The molecule has 104 valence electrons. The lowest BCUT2D eigenvalue weighted by Crippen LogP contribution is -2.50. The molecular formula is C14H13FN2O2S. The molecule has 3 rings (SSSR count). The molecule has 0 saturated carbocycles. The fourth-order valence-electron chi connectivity index (χ4n) is 2.26. The standard InChI is InChI=1S/C14H13FN2O2S/c15-11-3-1-10(2-4-11)12-8-20-13(16-12)5-9-6-17(7-9)14(18)19/h1-4,8-9H,5-7H2,(H,18,19). The van der Waals surface area contributed by atoms with E-state index in [1.807, 2.05) is 5.38 Å². The van der Waals surface area contributed by atoms with Gasteiger partial charge in [0, 0.05) is 36.4 Å². The van der Waals surface area contributed by atoms with Crippen molar-refractivity contribution in [3.05, 3.63) is 40.5 Å². The van der Waals surface area contributed by atoms with Crippen LogP contribution in [-0.4, -0.2) is 34.2 Å². The maximum Gasteiger partial charge on any atom is 0.407 e. The molecule has 4 nitrogen and oxygen atoms in total. The van der Waals surface area contributed by atoms with Gasteiger partial charge in [0.05, 0.1) is 10.7 Å². The van der Waals surface area contributed by atoms with E-state index in [9.17, 15) is 9.18 Å². The number of halogens is 1. The molecule has 2 aromatic rings. The summed E-state index contributed by atoms with van der Waals surface area (Å²) in [5.41, 5.74) is 1.74. The van der Waals surface area contributed by atoms with Gasteiger partial charge in [-0.15, -0.1) is 11.3 Å². The summed E-state index contributed by atoms with van der Waals surface area (Å²) in [7, 11) is 0. The van der Waals surface area contributed by atoms with E-state index in [0.717, 1.165) is 22.7 Å². The van der Waals surface area contributed by atoms with E-state index >= 15 is 0 Å². The van der Waals surface area contributed by atoms with Gasteiger partial charge in [0.25, 0.3) is 0 Å². The lowest BCUT2D eigenvalue weighted by Gasteiger charge is -2.36. The zero-order valence-electron chi connectivity index (χ0n) is 10.6. The SMILES string of the molecule is O=C(O)N1CC(Cc2nc(-c3ccc(F)cc3)cs2)C1. The average molecular weight is 292 g/mol. The van der Waals surface area contributed by atoms with Crippen LogP contribution in [0.3, 0.4) is 0 Å². The molecule has 0 bridgehead atoms. The maximum absolute atomic E-state index is 12.9. The largest absolute Gasteiger partial charge is 0.465 e. The first-order valence-corrected chi connectivity index (χ1v) is 7.18. The molecule has 1 amide bonds. The van der Waals surface area contributed by atoms with Crippen molar-refractivity contribution in [1.82, 2.24) is 9.88 Å². The third-order valence-corrected chi connectivity index (χ3v) is 4.25. The van der Waals surface area contributed by atoms with Crippen molar-refractivity contribution in [2.45, 2.75) is 6.42 Å². The number of nitrogens with zero attached hydrogens (tertiary/aromatic N) is 2. The first kappa shape index (κ1) is 13.1. The monoisotopic (exact) mass is 292 g/mol. The van der Waals surface area contributed by atoms with Gasteiger partial charge < -0.3 is 10.0 Å². The summed E-state index contributed by atoms with van der Waals surface area (Å²) in [6.07, 6.45) is -0.0530. The highest BCUT2D eigenvalue weighted by atomic mass is 32.1. The molecule has 20 heavy (non-hydrogen) atoms. The molecule has 6 heteroatoms. The predicted octanol–water partition coefficient (Wildman–Crippen LogP) is 3.10. The number of carboxylic acid groups (broad SMARTS) is 1. The molecule has 1 aromatic heterocycles. The highest BCUT2D eigenvalue weighted by molar-refractivity contribution is 7.09. The minimum absolute atomic E-state index is 0.257. The van der Waals surface area contributed by atoms with Gasteiger partial charge in [0.15, 0.2) is 0 Å². The minimum atomic E-state index is -0.854. The number of hydrogen-bond donors (Lipinski definition) is 1. The summed E-state index contributed by atoms with van der Waals surface area (Å²) in [6, 6.07) is 6.27. The summed E-state index contributed by atoms with van der Waals surface area (Å²) < 4.78 is 12.9. The van der Waals surface area contributed by atoms with Gasteiger partial charge in [-0.05, 0) is 24.3 Å². The van der Waals surface area contributed by atoms with Crippen molar-refractivity contribution in [2.75, 3.05) is 13.1 Å². The second-order valence-corrected chi connectivity index (χ2v) is 5.83. The van der Waals surface area contributed by atoms with E-state index in [4.69, 9.17) is 5.11 Å². The Morgan fingerprint density at radius 3 is 2.75 bits per heavy atom. The Morgan fingerprint density at radius 2 is 2.10 bits per heavy atom. The predicted molar refractivity (Wildman–Crippen MR) is 74.3 cm³/mol. The van der Waals surface area contributed by atoms with Crippen LogP contribution in [0.2, 0.25) is 0 Å². The molecule has 0 radical (unpaired) electrons. The number of benzene rings is 1. The van der Waals surface area contributed by atoms with Crippen LogP contribution in [0.25, 0.3) is 11.3 Å². The fourth-order valence-corrected chi connectivity index (χ4v) is 3.18. The quantitative estimate of drug-likeness (QED) is 0.945. The zero-order chi connectivity index (χ0) is 14.1. The molecule has 1 aliphatic heterocycles. The molecule has 1 saturated heterocycles. The summed E-state index contributed by atoms with van der Waals surface area (Å²) in [6.45, 7) is 1.17. The van der Waals surface area contributed by atoms with Gasteiger partial charge in [0.1, 0.15) is 5.82 Å². The third kappa shape index (κ3) is 2.65. The molecule has 1 aromatic carbocycles. The van der Waals surface area contributed by atoms with Crippen LogP contribution in [-0.2, 0) is 6.42 Å². The van der Waals surface area contributed by atoms with Crippen molar-refractivity contribution >= 4 is 17.4 Å². The lowest BCUT2D eigenvalue weighted by atomic mass is 9.97. The lowest BCUT2D eigenvalue weighted by molar-refractivity contribution is 0.0819. The smallest absolute Gasteiger partial charge is 0.407 e. The number of hydrogen-bond acceptors (Lipinski definition) is 3. The first-order chi connectivity index (χ1) is 9.61. The maximum atomic E-state index is 12.9. The van der Waals surface area contributed by atoms with Crippen molar-refractivity contribution in [3.63, 3.8) is 0 Å². The van der Waals surface area contributed by atoms with Crippen LogP contribution in [0.4, 0.5) is 9.18 Å². The molecule has 1 fully saturated rings. The normalized spacial score (nSPS) is 15.2. The Labute approximate surface area is 119 Å². The van der Waals surface area contributed by atoms with E-state index in [-0.39, 0.29) is 5.82 Å². The van der Waals surface area contributed by atoms with Gasteiger partial charge >= 0.3 is 6.09 Å². The van der Waals surface area contributed by atoms with Crippen LogP contribution in [0.5, 0.6) is 0 Å². The molecule has 0 atom stereocenters. The van der Waals surface area contributed by atoms with E-state index in [1.165, 1.54) is 17.0 Å². The second-order valence-electron chi connectivity index (χ2n) is 4.89. The topological polar surface area (TPSA) is 53.4 Å². The summed E-state index contributed by atoms with van der Waals surface area (Å²) in [4.78, 5) is 16.6. The molecule has 2 heterocycles. The van der Waals surface area contributed by atoms with Gasteiger partial charge in [-0.1, -0.05) is 0 Å². The van der Waals surface area contributed by atoms with E-state index in [0.29, 0.717) is 19.0 Å². The molecule has 0 spiro atoms. The molecule has 1 N–H and O–H groups in total. The molecule has 0 aliphatic carbocycles. The number of likely N-dealkylation sites (tertiary alicyclic amines) is 1. The number of rotatable bonds is 3. The van der Waals surface area contributed by atoms with Gasteiger partial charge in [-0.3, -0.25) is 0 Å². The first-order valence-electron chi connectivity index (χ1n) is 6.30. The fraction of sp³-hybridized carbons (Fsp3) is 0.286. The van der Waals surface area contributed by atoms with Crippen LogP contribution < -0.4 is 0 Å². The Kier molecular flexibility index (Phi) is 3.40. The zero-order valence-corrected chi connectivity index (χ0v) is 11.4. The van der Waals surface area contributed by atoms with Crippen LogP contribution in [0, 0.1) is 11.7 Å². The number of amides is 1. The van der Waals surface area contributed by atoms with Crippen molar-refractivity contribution < 1.29 is 14.3 Å². The summed E-state index contributed by atoms with van der Waals surface area (Å²) in [5, 5.41) is 11.7. The molecule has 0 unspecified atom stereocenters. The van der Waals surface area contributed by atoms with E-state index < -0.39 is 6.09 Å². The third-order valence-electron chi connectivity index (χ3n) is 3.38. The van der Waals surface area contributed by atoms with Gasteiger partial charge in [-0.25, -0.2) is 14.2 Å². The van der Waals surface area contributed by atoms with Crippen LogP contribution in [0.1, 0.15) is 5.01 Å². The van der Waals surface area contributed by atoms with Gasteiger partial charge in [0.2, 0.25) is 0 Å². The van der Waals surface area contributed by atoms with E-state index in [2.05, 4.69) is 4.98 Å². The highest BCUT2D eigenvalue weighted by Crippen LogP contribution is 2.26. The number of thiazole rings is 1. The Morgan fingerprint density at radius 1 is 1.40 bits per heavy atom. The van der Waals surface area contributed by atoms with Crippen LogP contribution >= 0.6 is 11.3 Å². The van der Waals surface area contributed by atoms with Crippen molar-refractivity contribution in [2.24, 2.45) is 5.92 Å². The summed E-state index contributed by atoms with van der Waals surface area (Å²) >= 11 is 1.56. The Hall–Kier alpha value is -1.95. The summed E-state index contributed by atoms with van der Waals surface area (Å²) in [5.74, 6) is 0.103. The van der Waals surface area contributed by atoms with Crippen molar-refractivity contribution in [1.29, 1.82) is 0 Å². The number of aromatic nitrogens is 1. The Balaban J connectivity index is 1.63. The number of carbonyl (C=O) groups is 1. The minimum Gasteiger partial charge on any atom is -0.465 e. The van der Waals surface area contributed by atoms with E-state index in [1.54, 1.807) is 23.5 Å². The molecule has 1 aliphatic rings. The Bertz CT molecular complexity index is 620. The average Bonchev–Trinajstić information content (AvgIpc) is 2.82. The van der Waals surface area contributed by atoms with Crippen LogP contribution in [0.15, 0.2) is 29.6 Å². The second kappa shape index (κ2) is 5.20.